The van der Waals surface area contributed by atoms with Gasteiger partial charge in [0.25, 0.3) is 0 Å². The smallest absolute Gasteiger partial charge is 0.180 e. The Morgan fingerprint density at radius 2 is 1.96 bits per heavy atom. The van der Waals surface area contributed by atoms with Crippen molar-refractivity contribution in [2.75, 3.05) is 6.26 Å². The van der Waals surface area contributed by atoms with Gasteiger partial charge in [-0.2, -0.15) is 0 Å². The van der Waals surface area contributed by atoms with Crippen LogP contribution in [0.4, 0.5) is 5.00 Å². The Kier molecular flexibility index (Phi) is 5.35. The highest BCUT2D eigenvalue weighted by Gasteiger charge is 2.35. The fourth-order valence-electron chi connectivity index (χ4n) is 3.45. The van der Waals surface area contributed by atoms with E-state index in [1.165, 1.54) is 52.3 Å². The van der Waals surface area contributed by atoms with Crippen LogP contribution in [-0.2, 0) is 12.8 Å². The van der Waals surface area contributed by atoms with Gasteiger partial charge in [0.1, 0.15) is 11.0 Å². The number of thiophene rings is 1. The van der Waals surface area contributed by atoms with Crippen molar-refractivity contribution in [1.82, 2.24) is 5.01 Å². The number of hydrogen-bond donors (Lipinski definition) is 1. The van der Waals surface area contributed by atoms with Crippen molar-refractivity contribution >= 4 is 57.2 Å². The first kappa shape index (κ1) is 17.3. The minimum Gasteiger partial charge on any atom is -0.277 e. The molecule has 2 aromatic rings. The molecule has 0 fully saturated rings. The van der Waals surface area contributed by atoms with Gasteiger partial charge in [-0.25, -0.2) is 10.8 Å². The SMILES string of the molecule is CSC1=Nc2sc3c(c2C(c2ccccc2)N1N)CCCC3.I. The maximum Gasteiger partial charge on any atom is 0.180 e. The van der Waals surface area contributed by atoms with E-state index in [1.807, 2.05) is 22.6 Å². The fourth-order valence-corrected chi connectivity index (χ4v) is 5.30. The predicted molar refractivity (Wildman–Crippen MR) is 111 cm³/mol. The molecule has 3 nitrogen and oxygen atoms in total. The zero-order valence-electron chi connectivity index (χ0n) is 13.0. The molecule has 0 spiro atoms. The molecule has 1 aromatic carbocycles. The fraction of sp³-hybridized carbons (Fsp3) is 0.353. The van der Waals surface area contributed by atoms with Crippen LogP contribution in [0.25, 0.3) is 0 Å². The third-order valence-electron chi connectivity index (χ3n) is 4.46. The first-order valence-electron chi connectivity index (χ1n) is 7.65. The van der Waals surface area contributed by atoms with Gasteiger partial charge in [0.15, 0.2) is 5.17 Å². The van der Waals surface area contributed by atoms with Crippen LogP contribution < -0.4 is 5.84 Å². The Balaban J connectivity index is 0.00000156. The maximum absolute atomic E-state index is 6.46. The van der Waals surface area contributed by atoms with E-state index in [1.54, 1.807) is 11.8 Å². The summed E-state index contributed by atoms with van der Waals surface area (Å²) in [6.45, 7) is 0. The minimum absolute atomic E-state index is 0. The van der Waals surface area contributed by atoms with E-state index in [0.29, 0.717) is 0 Å². The first-order valence-corrected chi connectivity index (χ1v) is 9.69. The van der Waals surface area contributed by atoms with Crippen molar-refractivity contribution in [3.63, 3.8) is 0 Å². The molecular formula is C17H20IN3S2. The van der Waals surface area contributed by atoms with Crippen molar-refractivity contribution in [3.05, 3.63) is 51.9 Å². The van der Waals surface area contributed by atoms with Crippen molar-refractivity contribution in [2.24, 2.45) is 10.8 Å². The highest BCUT2D eigenvalue weighted by Crippen LogP contribution is 2.49. The summed E-state index contributed by atoms with van der Waals surface area (Å²) < 4.78 is 0. The molecule has 4 rings (SSSR count). The van der Waals surface area contributed by atoms with Gasteiger partial charge in [0, 0.05) is 10.4 Å². The summed E-state index contributed by atoms with van der Waals surface area (Å²) in [6.07, 6.45) is 6.99. The number of thioether (sulfide) groups is 1. The van der Waals surface area contributed by atoms with Crippen LogP contribution in [-0.4, -0.2) is 16.4 Å². The number of fused-ring (bicyclic) bond motifs is 3. The van der Waals surface area contributed by atoms with Gasteiger partial charge in [-0.15, -0.1) is 35.3 Å². The number of nitrogens with zero attached hydrogens (tertiary/aromatic N) is 2. The maximum atomic E-state index is 6.46. The van der Waals surface area contributed by atoms with E-state index in [0.717, 1.165) is 5.17 Å². The molecule has 0 bridgehead atoms. The Labute approximate surface area is 162 Å². The number of amidine groups is 1. The summed E-state index contributed by atoms with van der Waals surface area (Å²) in [4.78, 5) is 6.35. The van der Waals surface area contributed by atoms with Gasteiger partial charge >= 0.3 is 0 Å². The third-order valence-corrected chi connectivity index (χ3v) is 6.33. The molecule has 1 aliphatic carbocycles. The van der Waals surface area contributed by atoms with Crippen LogP contribution in [0.1, 0.15) is 40.5 Å². The Hall–Kier alpha value is -0.570. The molecule has 0 amide bonds. The summed E-state index contributed by atoms with van der Waals surface area (Å²) in [5.41, 5.74) is 4.12. The van der Waals surface area contributed by atoms with E-state index >= 15 is 0 Å². The summed E-state index contributed by atoms with van der Waals surface area (Å²) >= 11 is 3.49. The second kappa shape index (κ2) is 7.13. The molecule has 6 heteroatoms. The van der Waals surface area contributed by atoms with Gasteiger partial charge in [0.05, 0.1) is 0 Å². The summed E-state index contributed by atoms with van der Waals surface area (Å²) in [7, 11) is 0. The molecule has 122 valence electrons. The lowest BCUT2D eigenvalue weighted by Crippen LogP contribution is -2.41. The number of nitrogens with two attached hydrogens (primary N) is 1. The quantitative estimate of drug-likeness (QED) is 0.491. The van der Waals surface area contributed by atoms with Crippen LogP contribution in [0.15, 0.2) is 35.3 Å². The Bertz CT molecular complexity index is 727. The third kappa shape index (κ3) is 2.94. The molecule has 2 heterocycles. The number of aliphatic imine (C=N–C) groups is 1. The summed E-state index contributed by atoms with van der Waals surface area (Å²) in [5.74, 6) is 6.46. The van der Waals surface area contributed by atoms with Crippen LogP contribution >= 0.6 is 47.1 Å². The molecular weight excluding hydrogens is 437 g/mol. The molecule has 1 aliphatic heterocycles. The predicted octanol–water partition coefficient (Wildman–Crippen LogP) is 4.87. The zero-order valence-corrected chi connectivity index (χ0v) is 17.0. The highest BCUT2D eigenvalue weighted by molar-refractivity contribution is 14.0. The van der Waals surface area contributed by atoms with E-state index in [4.69, 9.17) is 10.8 Å². The van der Waals surface area contributed by atoms with Gasteiger partial charge in [-0.05, 0) is 43.1 Å². The van der Waals surface area contributed by atoms with Gasteiger partial charge < -0.3 is 0 Å². The largest absolute Gasteiger partial charge is 0.277 e. The van der Waals surface area contributed by atoms with Crippen LogP contribution in [0, 0.1) is 0 Å². The highest BCUT2D eigenvalue weighted by atomic mass is 127. The topological polar surface area (TPSA) is 41.6 Å². The number of benzene rings is 1. The first-order chi connectivity index (χ1) is 10.8. The van der Waals surface area contributed by atoms with Gasteiger partial charge in [0.2, 0.25) is 0 Å². The van der Waals surface area contributed by atoms with E-state index in [9.17, 15) is 0 Å². The Morgan fingerprint density at radius 1 is 1.22 bits per heavy atom. The molecule has 0 radical (unpaired) electrons. The number of hydrogen-bond acceptors (Lipinski definition) is 5. The minimum atomic E-state index is 0. The van der Waals surface area contributed by atoms with Crippen LogP contribution in [0.5, 0.6) is 0 Å². The molecule has 1 unspecified atom stereocenters. The van der Waals surface area contributed by atoms with Crippen molar-refractivity contribution in [3.8, 4) is 0 Å². The molecule has 0 saturated heterocycles. The van der Waals surface area contributed by atoms with Gasteiger partial charge in [-0.1, -0.05) is 42.1 Å². The lowest BCUT2D eigenvalue weighted by molar-refractivity contribution is 0.372. The summed E-state index contributed by atoms with van der Waals surface area (Å²) in [5, 5.41) is 3.93. The molecule has 0 saturated carbocycles. The van der Waals surface area contributed by atoms with Crippen LogP contribution in [0.2, 0.25) is 0 Å². The normalized spacial score (nSPS) is 19.5. The van der Waals surface area contributed by atoms with E-state index < -0.39 is 0 Å². The molecule has 1 atom stereocenters. The second-order valence-electron chi connectivity index (χ2n) is 5.75. The standard InChI is InChI=1S/C17H19N3S2.HI/c1-21-17-19-16-14(12-9-5-6-10-13(12)22-16)15(20(17)18)11-7-3-2-4-8-11;/h2-4,7-8,15H,5-6,9-10,18H2,1H3;1H. The zero-order chi connectivity index (χ0) is 15.1. The van der Waals surface area contributed by atoms with E-state index in [2.05, 4.69) is 30.3 Å². The van der Waals surface area contributed by atoms with Crippen molar-refractivity contribution in [1.29, 1.82) is 0 Å². The van der Waals surface area contributed by atoms with E-state index in [-0.39, 0.29) is 30.0 Å². The van der Waals surface area contributed by atoms with Crippen molar-refractivity contribution in [2.45, 2.75) is 31.7 Å². The van der Waals surface area contributed by atoms with Crippen LogP contribution in [0.3, 0.4) is 0 Å². The summed E-state index contributed by atoms with van der Waals surface area (Å²) in [6, 6.07) is 10.7. The number of halogens is 1. The molecule has 23 heavy (non-hydrogen) atoms. The molecule has 1 aromatic heterocycles. The van der Waals surface area contributed by atoms with Crippen molar-refractivity contribution < 1.29 is 0 Å². The van der Waals surface area contributed by atoms with Gasteiger partial charge in [-0.3, -0.25) is 5.01 Å². The average Bonchev–Trinajstić information content (AvgIpc) is 2.93. The number of aryl methyl sites for hydroxylation is 1. The number of rotatable bonds is 1. The molecule has 2 N–H and O–H groups in total. The second-order valence-corrected chi connectivity index (χ2v) is 7.61. The Morgan fingerprint density at radius 3 is 2.70 bits per heavy atom. The lowest BCUT2D eigenvalue weighted by Gasteiger charge is -2.34. The lowest BCUT2D eigenvalue weighted by atomic mass is 9.89. The monoisotopic (exact) mass is 457 g/mol. The molecule has 2 aliphatic rings. The average molecular weight is 457 g/mol. The number of hydrazine groups is 1.